The minimum absolute atomic E-state index is 0. The molecule has 0 bridgehead atoms. The number of nitrogens with zero attached hydrogens (tertiary/aromatic N) is 1. The topological polar surface area (TPSA) is 24.9 Å². The molecule has 1 fully saturated rings. The van der Waals surface area contributed by atoms with Crippen molar-refractivity contribution in [1.29, 1.82) is 0 Å². The van der Waals surface area contributed by atoms with Gasteiger partial charge in [-0.1, -0.05) is 24.3 Å². The second kappa shape index (κ2) is 4.17. The molecule has 0 unspecified atom stereocenters. The van der Waals surface area contributed by atoms with Crippen molar-refractivity contribution in [2.75, 3.05) is 13.1 Å². The first-order chi connectivity index (χ1) is 6.95. The van der Waals surface area contributed by atoms with Gasteiger partial charge in [0.2, 0.25) is 0 Å². The SMILES string of the molecule is Cl.c1cnc2c(C3CNC3)cccc2c1. The Balaban J connectivity index is 0.000000853. The Morgan fingerprint density at radius 3 is 2.67 bits per heavy atom. The van der Waals surface area contributed by atoms with Crippen LogP contribution in [-0.2, 0) is 0 Å². The second-order valence-electron chi connectivity index (χ2n) is 3.78. The van der Waals surface area contributed by atoms with Crippen molar-refractivity contribution in [3.63, 3.8) is 0 Å². The first-order valence-electron chi connectivity index (χ1n) is 4.99. The highest BCUT2D eigenvalue weighted by Gasteiger charge is 2.20. The van der Waals surface area contributed by atoms with Crippen LogP contribution in [0.1, 0.15) is 11.5 Å². The van der Waals surface area contributed by atoms with Gasteiger partial charge in [0, 0.05) is 30.6 Å². The van der Waals surface area contributed by atoms with Gasteiger partial charge in [-0.2, -0.15) is 0 Å². The Morgan fingerprint density at radius 1 is 1.13 bits per heavy atom. The van der Waals surface area contributed by atoms with E-state index in [2.05, 4.69) is 34.6 Å². The average molecular weight is 221 g/mol. The van der Waals surface area contributed by atoms with Gasteiger partial charge in [-0.25, -0.2) is 0 Å². The van der Waals surface area contributed by atoms with Gasteiger partial charge >= 0.3 is 0 Å². The molecule has 1 aromatic carbocycles. The molecule has 0 amide bonds. The van der Waals surface area contributed by atoms with Crippen molar-refractivity contribution in [2.45, 2.75) is 5.92 Å². The molecule has 2 nitrogen and oxygen atoms in total. The van der Waals surface area contributed by atoms with Crippen LogP contribution in [0.4, 0.5) is 0 Å². The van der Waals surface area contributed by atoms with Gasteiger partial charge in [-0.05, 0) is 11.6 Å². The lowest BCUT2D eigenvalue weighted by Gasteiger charge is -2.28. The molecule has 0 spiro atoms. The molecule has 3 rings (SSSR count). The molecule has 0 atom stereocenters. The third-order valence-corrected chi connectivity index (χ3v) is 2.89. The van der Waals surface area contributed by atoms with E-state index >= 15 is 0 Å². The van der Waals surface area contributed by atoms with Crippen LogP contribution in [0.25, 0.3) is 10.9 Å². The fourth-order valence-electron chi connectivity index (χ4n) is 1.97. The van der Waals surface area contributed by atoms with Gasteiger partial charge in [-0.15, -0.1) is 12.4 Å². The minimum Gasteiger partial charge on any atom is -0.315 e. The number of pyridine rings is 1. The number of rotatable bonds is 1. The molecule has 1 aromatic heterocycles. The lowest BCUT2D eigenvalue weighted by Crippen LogP contribution is -2.39. The normalized spacial score (nSPS) is 15.7. The summed E-state index contributed by atoms with van der Waals surface area (Å²) in [4.78, 5) is 4.46. The Kier molecular flexibility index (Phi) is 2.89. The van der Waals surface area contributed by atoms with Crippen LogP contribution >= 0.6 is 12.4 Å². The predicted molar refractivity (Wildman–Crippen MR) is 64.6 cm³/mol. The van der Waals surface area contributed by atoms with Crippen molar-refractivity contribution < 1.29 is 0 Å². The van der Waals surface area contributed by atoms with Gasteiger partial charge in [-0.3, -0.25) is 4.98 Å². The zero-order valence-electron chi connectivity index (χ0n) is 8.31. The fourth-order valence-corrected chi connectivity index (χ4v) is 1.97. The summed E-state index contributed by atoms with van der Waals surface area (Å²) in [6.45, 7) is 2.19. The van der Waals surface area contributed by atoms with Crippen LogP contribution in [0.5, 0.6) is 0 Å². The van der Waals surface area contributed by atoms with Gasteiger partial charge < -0.3 is 5.32 Å². The summed E-state index contributed by atoms with van der Waals surface area (Å²) in [5, 5.41) is 4.54. The summed E-state index contributed by atoms with van der Waals surface area (Å²) < 4.78 is 0. The number of hydrogen-bond donors (Lipinski definition) is 1. The smallest absolute Gasteiger partial charge is 0.0737 e. The lowest BCUT2D eigenvalue weighted by molar-refractivity contribution is 0.450. The predicted octanol–water partition coefficient (Wildman–Crippen LogP) is 2.34. The highest BCUT2D eigenvalue weighted by atomic mass is 35.5. The minimum atomic E-state index is 0. The van der Waals surface area contributed by atoms with Crippen molar-refractivity contribution >= 4 is 23.3 Å². The van der Waals surface area contributed by atoms with Crippen LogP contribution in [0.2, 0.25) is 0 Å². The third kappa shape index (κ3) is 1.71. The maximum absolute atomic E-state index is 4.46. The molecule has 0 radical (unpaired) electrons. The molecule has 1 saturated heterocycles. The molecule has 1 aliphatic rings. The number of para-hydroxylation sites is 1. The van der Waals surface area contributed by atoms with E-state index in [4.69, 9.17) is 0 Å². The van der Waals surface area contributed by atoms with Crippen LogP contribution in [0.3, 0.4) is 0 Å². The number of hydrogen-bond acceptors (Lipinski definition) is 2. The molecular formula is C12H13ClN2. The Morgan fingerprint density at radius 2 is 1.93 bits per heavy atom. The molecule has 0 saturated carbocycles. The maximum atomic E-state index is 4.46. The van der Waals surface area contributed by atoms with Crippen LogP contribution in [-0.4, -0.2) is 18.1 Å². The number of aromatic nitrogens is 1. The standard InChI is InChI=1S/C12H12N2.ClH/c1-3-9-4-2-6-14-12(9)11(5-1)10-7-13-8-10;/h1-6,10,13H,7-8H2;1H. The van der Waals surface area contributed by atoms with Gasteiger partial charge in [0.05, 0.1) is 5.52 Å². The highest BCUT2D eigenvalue weighted by molar-refractivity contribution is 5.85. The fraction of sp³-hybridized carbons (Fsp3) is 0.250. The molecule has 2 heterocycles. The van der Waals surface area contributed by atoms with Crippen molar-refractivity contribution in [3.8, 4) is 0 Å². The van der Waals surface area contributed by atoms with E-state index in [0.717, 1.165) is 13.1 Å². The number of fused-ring (bicyclic) bond motifs is 1. The van der Waals surface area contributed by atoms with Crippen LogP contribution < -0.4 is 5.32 Å². The molecule has 1 N–H and O–H groups in total. The average Bonchev–Trinajstić information content (AvgIpc) is 2.16. The van der Waals surface area contributed by atoms with Crippen molar-refractivity contribution in [2.24, 2.45) is 0 Å². The summed E-state index contributed by atoms with van der Waals surface area (Å²) in [7, 11) is 0. The van der Waals surface area contributed by atoms with E-state index in [0.29, 0.717) is 5.92 Å². The third-order valence-electron chi connectivity index (χ3n) is 2.89. The summed E-state index contributed by atoms with van der Waals surface area (Å²) in [5.74, 6) is 0.661. The van der Waals surface area contributed by atoms with E-state index < -0.39 is 0 Å². The van der Waals surface area contributed by atoms with E-state index in [1.165, 1.54) is 16.5 Å². The molecular weight excluding hydrogens is 208 g/mol. The first kappa shape index (κ1) is 10.4. The largest absolute Gasteiger partial charge is 0.315 e. The lowest BCUT2D eigenvalue weighted by atomic mass is 9.92. The van der Waals surface area contributed by atoms with Crippen LogP contribution in [0, 0.1) is 0 Å². The van der Waals surface area contributed by atoms with E-state index in [9.17, 15) is 0 Å². The second-order valence-corrected chi connectivity index (χ2v) is 3.78. The molecule has 2 aromatic rings. The monoisotopic (exact) mass is 220 g/mol. The summed E-state index contributed by atoms with van der Waals surface area (Å²) in [6.07, 6.45) is 1.87. The van der Waals surface area contributed by atoms with Crippen molar-refractivity contribution in [3.05, 3.63) is 42.1 Å². The first-order valence-corrected chi connectivity index (χ1v) is 4.99. The zero-order chi connectivity index (χ0) is 9.38. The van der Waals surface area contributed by atoms with Crippen LogP contribution in [0.15, 0.2) is 36.5 Å². The summed E-state index contributed by atoms with van der Waals surface area (Å²) in [5.41, 5.74) is 2.56. The zero-order valence-corrected chi connectivity index (χ0v) is 9.13. The van der Waals surface area contributed by atoms with Gasteiger partial charge in [0.1, 0.15) is 0 Å². The molecule has 15 heavy (non-hydrogen) atoms. The summed E-state index contributed by atoms with van der Waals surface area (Å²) >= 11 is 0. The number of halogens is 1. The molecule has 78 valence electrons. The Hall–Kier alpha value is -1.12. The Bertz CT molecular complexity index is 461. The quantitative estimate of drug-likeness (QED) is 0.798. The Labute approximate surface area is 95.1 Å². The van der Waals surface area contributed by atoms with E-state index in [-0.39, 0.29) is 12.4 Å². The number of benzene rings is 1. The molecule has 1 aliphatic heterocycles. The van der Waals surface area contributed by atoms with Gasteiger partial charge in [0.15, 0.2) is 0 Å². The highest BCUT2D eigenvalue weighted by Crippen LogP contribution is 2.26. The maximum Gasteiger partial charge on any atom is 0.0737 e. The molecule has 3 heteroatoms. The molecule has 0 aliphatic carbocycles. The number of nitrogens with one attached hydrogen (secondary N) is 1. The summed E-state index contributed by atoms with van der Waals surface area (Å²) in [6, 6.07) is 10.6. The van der Waals surface area contributed by atoms with Gasteiger partial charge in [0.25, 0.3) is 0 Å². The van der Waals surface area contributed by atoms with E-state index in [1.807, 2.05) is 12.3 Å². The van der Waals surface area contributed by atoms with Crippen molar-refractivity contribution in [1.82, 2.24) is 10.3 Å². The van der Waals surface area contributed by atoms with E-state index in [1.54, 1.807) is 0 Å².